The van der Waals surface area contributed by atoms with Gasteiger partial charge >= 0.3 is 0 Å². The lowest BCUT2D eigenvalue weighted by Gasteiger charge is -2.23. The van der Waals surface area contributed by atoms with E-state index in [1.165, 1.54) is 11.3 Å². The van der Waals surface area contributed by atoms with Crippen LogP contribution in [0.4, 0.5) is 5.13 Å². The van der Waals surface area contributed by atoms with E-state index >= 15 is 0 Å². The quantitative estimate of drug-likeness (QED) is 0.300. The molecular weight excluding hydrogens is 492 g/mol. The lowest BCUT2D eigenvalue weighted by atomic mass is 9.98. The van der Waals surface area contributed by atoms with E-state index in [2.05, 4.69) is 27.8 Å². The molecule has 1 aliphatic heterocycles. The van der Waals surface area contributed by atoms with Crippen molar-refractivity contribution in [1.29, 1.82) is 0 Å². The Morgan fingerprint density at radius 1 is 1.22 bits per heavy atom. The highest BCUT2D eigenvalue weighted by Gasteiger charge is 2.44. The van der Waals surface area contributed by atoms with Crippen LogP contribution in [0.1, 0.15) is 47.5 Å². The third-order valence-corrected chi connectivity index (χ3v) is 6.66. The number of hydrogen-bond acceptors (Lipinski definition) is 6. The van der Waals surface area contributed by atoms with Crippen LogP contribution in [0.2, 0.25) is 0 Å². The van der Waals surface area contributed by atoms with E-state index in [9.17, 15) is 9.59 Å². The number of carbonyl (C=O) groups excluding carboxylic acids is 1. The van der Waals surface area contributed by atoms with Crippen molar-refractivity contribution in [2.24, 2.45) is 0 Å². The molecule has 2 aromatic heterocycles. The van der Waals surface area contributed by atoms with Gasteiger partial charge in [0.25, 0.3) is 5.91 Å². The largest absolute Gasteiger partial charge is 0.494 e. The summed E-state index contributed by atoms with van der Waals surface area (Å²) in [7, 11) is 0. The van der Waals surface area contributed by atoms with Crippen molar-refractivity contribution in [3.63, 3.8) is 0 Å². The first kappa shape index (κ1) is 20.9. The number of aromatic nitrogens is 1. The van der Waals surface area contributed by atoms with Gasteiger partial charge in [0.05, 0.1) is 23.6 Å². The molecule has 6 nitrogen and oxygen atoms in total. The lowest BCUT2D eigenvalue weighted by Crippen LogP contribution is -2.29. The predicted molar refractivity (Wildman–Crippen MR) is 128 cm³/mol. The number of amides is 1. The summed E-state index contributed by atoms with van der Waals surface area (Å²) in [5.74, 6) is 0.380. The number of ether oxygens (including phenoxy) is 1. The SMILES string of the molecule is CCCCOc1cccc(C2c3c(oc4ccc(Br)cc4c3=O)C(=O)N2c2nccs2)c1. The van der Waals surface area contributed by atoms with E-state index in [1.54, 1.807) is 34.7 Å². The number of fused-ring (bicyclic) bond motifs is 2. The van der Waals surface area contributed by atoms with Gasteiger partial charge in [-0.1, -0.05) is 41.4 Å². The monoisotopic (exact) mass is 510 g/mol. The number of thiazole rings is 1. The number of anilines is 1. The van der Waals surface area contributed by atoms with Crippen LogP contribution in [0.5, 0.6) is 5.75 Å². The summed E-state index contributed by atoms with van der Waals surface area (Å²) in [6.45, 7) is 2.71. The molecule has 0 saturated carbocycles. The van der Waals surface area contributed by atoms with Crippen molar-refractivity contribution in [2.45, 2.75) is 25.8 Å². The fraction of sp³-hybridized carbons (Fsp3) is 0.208. The topological polar surface area (TPSA) is 72.6 Å². The van der Waals surface area contributed by atoms with E-state index in [1.807, 2.05) is 24.3 Å². The highest BCUT2D eigenvalue weighted by molar-refractivity contribution is 9.10. The number of benzene rings is 2. The van der Waals surface area contributed by atoms with Crippen LogP contribution in [-0.4, -0.2) is 17.5 Å². The molecule has 1 aliphatic rings. The molecule has 4 aromatic rings. The summed E-state index contributed by atoms with van der Waals surface area (Å²) in [6.07, 6.45) is 3.62. The maximum atomic E-state index is 13.6. The molecule has 5 rings (SSSR count). The molecule has 0 radical (unpaired) electrons. The van der Waals surface area contributed by atoms with Gasteiger partial charge in [-0.05, 0) is 42.3 Å². The van der Waals surface area contributed by atoms with Crippen LogP contribution in [0.15, 0.2) is 67.7 Å². The minimum atomic E-state index is -0.655. The van der Waals surface area contributed by atoms with Crippen LogP contribution in [0.3, 0.4) is 0 Å². The Morgan fingerprint density at radius 3 is 2.88 bits per heavy atom. The van der Waals surface area contributed by atoms with E-state index in [4.69, 9.17) is 9.15 Å². The summed E-state index contributed by atoms with van der Waals surface area (Å²) in [6, 6.07) is 12.1. The number of hydrogen-bond donors (Lipinski definition) is 0. The number of nitrogens with zero attached hydrogens (tertiary/aromatic N) is 2. The van der Waals surface area contributed by atoms with Crippen LogP contribution < -0.4 is 15.1 Å². The molecule has 0 N–H and O–H groups in total. The van der Waals surface area contributed by atoms with Gasteiger partial charge in [-0.3, -0.25) is 14.5 Å². The van der Waals surface area contributed by atoms with Crippen LogP contribution in [0.25, 0.3) is 11.0 Å². The van der Waals surface area contributed by atoms with Gasteiger partial charge in [0.1, 0.15) is 11.3 Å². The zero-order valence-corrected chi connectivity index (χ0v) is 19.6. The van der Waals surface area contributed by atoms with E-state index in [0.717, 1.165) is 22.9 Å². The first-order valence-corrected chi connectivity index (χ1v) is 12.0. The molecule has 3 heterocycles. The van der Waals surface area contributed by atoms with Gasteiger partial charge in [0.15, 0.2) is 10.6 Å². The molecule has 1 atom stereocenters. The third kappa shape index (κ3) is 3.53. The first-order chi connectivity index (χ1) is 15.6. The molecule has 8 heteroatoms. The Balaban J connectivity index is 1.71. The number of rotatable bonds is 6. The van der Waals surface area contributed by atoms with Crippen LogP contribution >= 0.6 is 27.3 Å². The van der Waals surface area contributed by atoms with Crippen molar-refractivity contribution in [3.05, 3.63) is 85.6 Å². The van der Waals surface area contributed by atoms with Gasteiger partial charge < -0.3 is 9.15 Å². The molecular formula is C24H19BrN2O4S. The summed E-state index contributed by atoms with van der Waals surface area (Å²) >= 11 is 4.76. The first-order valence-electron chi connectivity index (χ1n) is 10.3. The van der Waals surface area contributed by atoms with Gasteiger partial charge in [-0.25, -0.2) is 4.98 Å². The highest BCUT2D eigenvalue weighted by atomic mass is 79.9. The van der Waals surface area contributed by atoms with Crippen LogP contribution in [0, 0.1) is 0 Å². The second-order valence-electron chi connectivity index (χ2n) is 7.48. The average molecular weight is 511 g/mol. The van der Waals surface area contributed by atoms with E-state index in [-0.39, 0.29) is 17.1 Å². The van der Waals surface area contributed by atoms with Gasteiger partial charge in [0.2, 0.25) is 5.76 Å². The van der Waals surface area contributed by atoms with Gasteiger partial charge in [-0.2, -0.15) is 0 Å². The lowest BCUT2D eigenvalue weighted by molar-refractivity contribution is 0.0971. The normalized spacial score (nSPS) is 15.4. The summed E-state index contributed by atoms with van der Waals surface area (Å²) in [5, 5.41) is 2.73. The van der Waals surface area contributed by atoms with Crippen molar-refractivity contribution in [2.75, 3.05) is 11.5 Å². The Labute approximate surface area is 196 Å². The van der Waals surface area contributed by atoms with Gasteiger partial charge in [-0.15, -0.1) is 11.3 Å². The number of unbranched alkanes of at least 4 members (excludes halogenated alkanes) is 1. The summed E-state index contributed by atoms with van der Waals surface area (Å²) in [5.41, 5.74) is 1.24. The Kier molecular flexibility index (Phi) is 5.57. The number of carbonyl (C=O) groups is 1. The fourth-order valence-electron chi connectivity index (χ4n) is 3.90. The van der Waals surface area contributed by atoms with Crippen LogP contribution in [-0.2, 0) is 0 Å². The molecule has 0 bridgehead atoms. The minimum Gasteiger partial charge on any atom is -0.494 e. The Bertz CT molecular complexity index is 1370. The average Bonchev–Trinajstić information content (AvgIpc) is 3.41. The second-order valence-corrected chi connectivity index (χ2v) is 9.27. The molecule has 0 saturated heterocycles. The maximum absolute atomic E-state index is 13.6. The minimum absolute atomic E-state index is 0.0577. The molecule has 0 fully saturated rings. The van der Waals surface area contributed by atoms with Crippen molar-refractivity contribution >= 4 is 49.3 Å². The second kappa shape index (κ2) is 8.52. The van der Waals surface area contributed by atoms with E-state index < -0.39 is 6.04 Å². The maximum Gasteiger partial charge on any atom is 0.297 e. The molecule has 162 valence electrons. The molecule has 32 heavy (non-hydrogen) atoms. The third-order valence-electron chi connectivity index (χ3n) is 5.40. The van der Waals surface area contributed by atoms with E-state index in [0.29, 0.717) is 34.0 Å². The number of halogens is 1. The van der Waals surface area contributed by atoms with Crippen molar-refractivity contribution in [1.82, 2.24) is 4.98 Å². The van der Waals surface area contributed by atoms with Crippen molar-refractivity contribution in [3.8, 4) is 5.75 Å². The molecule has 2 aromatic carbocycles. The zero-order chi connectivity index (χ0) is 22.2. The van der Waals surface area contributed by atoms with Gasteiger partial charge in [0, 0.05) is 16.0 Å². The molecule has 0 spiro atoms. The Hall–Kier alpha value is -2.97. The van der Waals surface area contributed by atoms with Crippen molar-refractivity contribution < 1.29 is 13.9 Å². The zero-order valence-electron chi connectivity index (χ0n) is 17.2. The standard InChI is InChI=1S/C24H19BrN2O4S/c1-2-3-10-30-16-6-4-5-14(12-16)20-19-21(28)17-13-15(25)7-8-18(17)31-22(19)23(29)27(20)24-26-9-11-32-24/h4-9,11-13,20H,2-3,10H2,1H3. The Morgan fingerprint density at radius 2 is 2.09 bits per heavy atom. The molecule has 1 unspecified atom stereocenters. The molecule has 1 amide bonds. The summed E-state index contributed by atoms with van der Waals surface area (Å²) in [4.78, 5) is 32.9. The summed E-state index contributed by atoms with van der Waals surface area (Å²) < 4.78 is 12.6. The smallest absolute Gasteiger partial charge is 0.297 e. The predicted octanol–water partition coefficient (Wildman–Crippen LogP) is 5.94. The molecule has 0 aliphatic carbocycles. The highest BCUT2D eigenvalue weighted by Crippen LogP contribution is 2.42. The fourth-order valence-corrected chi connectivity index (χ4v) is 4.93.